The Labute approximate surface area is 215 Å². The third-order valence-electron chi connectivity index (χ3n) is 6.46. The largest absolute Gasteiger partial charge is 0.530 e. The van der Waals surface area contributed by atoms with Crippen LogP contribution in [0.5, 0.6) is 17.2 Å². The van der Waals surface area contributed by atoms with Crippen LogP contribution in [0.2, 0.25) is 0 Å². The van der Waals surface area contributed by atoms with Gasteiger partial charge in [0.15, 0.2) is 11.5 Å². The molecule has 1 aromatic rings. The summed E-state index contributed by atoms with van der Waals surface area (Å²) >= 11 is 0. The summed E-state index contributed by atoms with van der Waals surface area (Å²) in [6.07, 6.45) is 13.0. The average Bonchev–Trinajstić information content (AvgIpc) is 2.87. The molecule has 0 amide bonds. The van der Waals surface area contributed by atoms with Crippen LogP contribution in [0.4, 0.5) is 0 Å². The predicted molar refractivity (Wildman–Crippen MR) is 145 cm³/mol. The average molecular weight is 515 g/mol. The molecule has 1 rings (SSSR count). The van der Waals surface area contributed by atoms with E-state index in [-0.39, 0.29) is 24.4 Å². The van der Waals surface area contributed by atoms with Crippen molar-refractivity contribution in [2.24, 2.45) is 0 Å². The number of phosphoric acid groups is 1. The fraction of sp³-hybridized carbons (Fsp3) is 0.786. The Morgan fingerprint density at radius 1 is 0.686 bits per heavy atom. The van der Waals surface area contributed by atoms with Crippen molar-refractivity contribution in [2.45, 2.75) is 117 Å². The lowest BCUT2D eigenvalue weighted by molar-refractivity contribution is 0.152. The Morgan fingerprint density at radius 3 is 1.54 bits per heavy atom. The van der Waals surface area contributed by atoms with E-state index in [0.717, 1.165) is 32.1 Å². The number of hydrogen-bond donors (Lipinski definition) is 0. The minimum atomic E-state index is -3.83. The van der Waals surface area contributed by atoms with Crippen LogP contribution in [0, 0.1) is 0 Å². The molecule has 0 saturated carbocycles. The number of ether oxygens (including phenoxy) is 2. The van der Waals surface area contributed by atoms with E-state index in [2.05, 4.69) is 32.9 Å². The van der Waals surface area contributed by atoms with E-state index < -0.39 is 7.82 Å². The van der Waals surface area contributed by atoms with Crippen molar-refractivity contribution < 1.29 is 27.6 Å². The van der Waals surface area contributed by atoms with Crippen LogP contribution in [0.3, 0.4) is 0 Å². The highest BCUT2D eigenvalue weighted by Gasteiger charge is 2.35. The van der Waals surface area contributed by atoms with Gasteiger partial charge in [0.05, 0.1) is 27.4 Å². The van der Waals surface area contributed by atoms with E-state index in [1.807, 2.05) is 13.8 Å². The molecule has 6 nitrogen and oxygen atoms in total. The fourth-order valence-electron chi connectivity index (χ4n) is 4.44. The molecule has 0 aliphatic rings. The fourth-order valence-corrected chi connectivity index (χ4v) is 5.83. The highest BCUT2D eigenvalue weighted by molar-refractivity contribution is 7.48. The molecule has 35 heavy (non-hydrogen) atoms. The normalized spacial score (nSPS) is 12.1. The summed E-state index contributed by atoms with van der Waals surface area (Å²) in [5, 5.41) is 0. The lowest BCUT2D eigenvalue weighted by atomic mass is 9.69. The predicted octanol–water partition coefficient (Wildman–Crippen LogP) is 9.24. The number of phosphoric ester groups is 1. The van der Waals surface area contributed by atoms with Crippen LogP contribution in [0.15, 0.2) is 12.1 Å². The first-order valence-electron chi connectivity index (χ1n) is 13.7. The molecule has 0 bridgehead atoms. The van der Waals surface area contributed by atoms with Gasteiger partial charge in [0.1, 0.15) is 0 Å². The molecule has 0 spiro atoms. The van der Waals surface area contributed by atoms with Crippen molar-refractivity contribution in [2.75, 3.05) is 27.4 Å². The molecule has 0 aliphatic carbocycles. The molecule has 0 radical (unpaired) electrons. The molecule has 204 valence electrons. The van der Waals surface area contributed by atoms with Gasteiger partial charge in [-0.3, -0.25) is 9.05 Å². The zero-order valence-electron chi connectivity index (χ0n) is 23.5. The lowest BCUT2D eigenvalue weighted by Crippen LogP contribution is -2.27. The molecule has 0 atom stereocenters. The first-order chi connectivity index (χ1) is 16.9. The van der Waals surface area contributed by atoms with Gasteiger partial charge < -0.3 is 14.0 Å². The third-order valence-corrected chi connectivity index (χ3v) is 7.86. The monoisotopic (exact) mass is 514 g/mol. The molecule has 7 heteroatoms. The van der Waals surface area contributed by atoms with E-state index in [1.54, 1.807) is 14.2 Å². The highest BCUT2D eigenvalue weighted by atomic mass is 31.2. The summed E-state index contributed by atoms with van der Waals surface area (Å²) < 4.78 is 42.0. The van der Waals surface area contributed by atoms with E-state index in [9.17, 15) is 4.57 Å². The van der Waals surface area contributed by atoms with Gasteiger partial charge in [-0.2, -0.15) is 0 Å². The number of unbranched alkanes of at least 4 members (excludes halogenated alkanes) is 4. The van der Waals surface area contributed by atoms with Crippen LogP contribution < -0.4 is 14.0 Å². The van der Waals surface area contributed by atoms with Gasteiger partial charge in [0.2, 0.25) is 5.75 Å². The van der Waals surface area contributed by atoms with Gasteiger partial charge >= 0.3 is 7.82 Å². The molecule has 1 aromatic carbocycles. The van der Waals surface area contributed by atoms with Crippen molar-refractivity contribution in [3.05, 3.63) is 17.7 Å². The van der Waals surface area contributed by atoms with Crippen LogP contribution in [0.25, 0.3) is 0 Å². The van der Waals surface area contributed by atoms with Crippen molar-refractivity contribution in [1.29, 1.82) is 0 Å². The molecule has 0 heterocycles. The summed E-state index contributed by atoms with van der Waals surface area (Å²) in [4.78, 5) is 0. The quantitative estimate of drug-likeness (QED) is 0.120. The minimum Gasteiger partial charge on any atom is -0.493 e. The van der Waals surface area contributed by atoms with Crippen LogP contribution in [0.1, 0.15) is 117 Å². The molecule has 0 fully saturated rings. The van der Waals surface area contributed by atoms with Crippen LogP contribution >= 0.6 is 7.82 Å². The van der Waals surface area contributed by atoms with Gasteiger partial charge in [0, 0.05) is 0 Å². The Bertz CT molecular complexity index is 706. The minimum absolute atomic E-state index is 0.0431. The van der Waals surface area contributed by atoms with Gasteiger partial charge in [-0.25, -0.2) is 4.57 Å². The smallest absolute Gasteiger partial charge is 0.493 e. The van der Waals surface area contributed by atoms with Crippen molar-refractivity contribution in [3.63, 3.8) is 0 Å². The number of methoxy groups -OCH3 is 2. The maximum atomic E-state index is 13.4. The lowest BCUT2D eigenvalue weighted by Gasteiger charge is -2.36. The van der Waals surface area contributed by atoms with Crippen LogP contribution in [-0.4, -0.2) is 27.4 Å². The number of hydrogen-bond acceptors (Lipinski definition) is 6. The van der Waals surface area contributed by atoms with Gasteiger partial charge in [0.25, 0.3) is 0 Å². The molecular formula is C28H51O6P. The molecule has 0 aliphatic heterocycles. The summed E-state index contributed by atoms with van der Waals surface area (Å²) in [6.45, 7) is 11.2. The van der Waals surface area contributed by atoms with E-state index >= 15 is 0 Å². The summed E-state index contributed by atoms with van der Waals surface area (Å²) in [5.41, 5.74) is 1.25. The van der Waals surface area contributed by atoms with Crippen molar-refractivity contribution in [3.8, 4) is 17.2 Å². The van der Waals surface area contributed by atoms with Gasteiger partial charge in [-0.15, -0.1) is 0 Å². The molecule has 0 saturated heterocycles. The van der Waals surface area contributed by atoms with E-state index in [0.29, 0.717) is 24.3 Å². The Hall–Kier alpha value is -1.23. The standard InChI is InChI=1S/C28H51O6P/c1-8-13-16-19-28(17-14-9-2,18-15-10-3)24-22-25(30-6)27(26(23-24)31-7)34-35(29,32-20-11-4)33-21-12-5/h22-23H,8-21H2,1-7H3. The summed E-state index contributed by atoms with van der Waals surface area (Å²) in [6, 6.07) is 4.11. The first kappa shape index (κ1) is 31.8. The zero-order chi connectivity index (χ0) is 26.2. The topological polar surface area (TPSA) is 63.2 Å². The number of rotatable bonds is 21. The first-order valence-corrected chi connectivity index (χ1v) is 15.2. The third kappa shape index (κ3) is 9.98. The maximum Gasteiger partial charge on any atom is 0.530 e. The second-order valence-electron chi connectivity index (χ2n) is 9.36. The zero-order valence-corrected chi connectivity index (χ0v) is 24.3. The molecule has 0 aromatic heterocycles. The number of benzene rings is 1. The summed E-state index contributed by atoms with van der Waals surface area (Å²) in [7, 11) is -0.619. The van der Waals surface area contributed by atoms with E-state index in [1.165, 1.54) is 37.7 Å². The van der Waals surface area contributed by atoms with Gasteiger partial charge in [-0.1, -0.05) is 79.6 Å². The highest BCUT2D eigenvalue weighted by Crippen LogP contribution is 2.56. The van der Waals surface area contributed by atoms with Crippen molar-refractivity contribution in [1.82, 2.24) is 0 Å². The molecule has 0 N–H and O–H groups in total. The SMILES string of the molecule is CCCCCC(CCCC)(CCCC)c1cc(OC)c(OP(=O)(OCCC)OCCC)c(OC)c1. The van der Waals surface area contributed by atoms with Crippen molar-refractivity contribution >= 4 is 7.82 Å². The Balaban J connectivity index is 3.56. The van der Waals surface area contributed by atoms with Gasteiger partial charge in [-0.05, 0) is 55.2 Å². The Morgan fingerprint density at radius 2 is 1.14 bits per heavy atom. The molecule has 0 unspecified atom stereocenters. The summed E-state index contributed by atoms with van der Waals surface area (Å²) in [5.74, 6) is 1.25. The maximum absolute atomic E-state index is 13.4. The van der Waals surface area contributed by atoms with E-state index in [4.69, 9.17) is 23.0 Å². The Kier molecular flexibility index (Phi) is 15.7. The van der Waals surface area contributed by atoms with Crippen LogP contribution in [-0.2, 0) is 19.0 Å². The second-order valence-corrected chi connectivity index (χ2v) is 11.0. The second kappa shape index (κ2) is 17.3. The molecular weight excluding hydrogens is 463 g/mol.